The van der Waals surface area contributed by atoms with E-state index in [2.05, 4.69) is 56.0 Å². The van der Waals surface area contributed by atoms with Gasteiger partial charge in [0.05, 0.1) is 6.61 Å². The molecule has 1 aromatic carbocycles. The van der Waals surface area contributed by atoms with Crippen molar-refractivity contribution >= 4 is 0 Å². The van der Waals surface area contributed by atoms with Crippen LogP contribution >= 0.6 is 0 Å². The van der Waals surface area contributed by atoms with Crippen LogP contribution < -0.4 is 5.73 Å². The summed E-state index contributed by atoms with van der Waals surface area (Å²) in [7, 11) is 1.75. The lowest BCUT2D eigenvalue weighted by Gasteiger charge is -2.35. The Balaban J connectivity index is 2.68. The van der Waals surface area contributed by atoms with E-state index in [-0.39, 0.29) is 0 Å². The Bertz CT molecular complexity index is 353. The van der Waals surface area contributed by atoms with Crippen molar-refractivity contribution < 1.29 is 4.74 Å². The van der Waals surface area contributed by atoms with Crippen molar-refractivity contribution in [1.29, 1.82) is 0 Å². The fourth-order valence-corrected chi connectivity index (χ4v) is 2.75. The third kappa shape index (κ3) is 5.23. The van der Waals surface area contributed by atoms with Crippen molar-refractivity contribution in [2.45, 2.75) is 45.2 Å². The lowest BCUT2D eigenvalue weighted by atomic mass is 9.92. The zero-order valence-corrected chi connectivity index (χ0v) is 13.4. The molecular formula is C17H30N2O. The lowest BCUT2D eigenvalue weighted by molar-refractivity contribution is 0.0920. The standard InChI is InChI=1S/C17H30N2O/c1-14(2)19(10-11-20-4)17(13-18)12-15(3)16-8-6-5-7-9-16/h5-9,14-15,17H,10-13,18H2,1-4H3. The number of rotatable bonds is 9. The minimum absolute atomic E-state index is 0.403. The highest BCUT2D eigenvalue weighted by Crippen LogP contribution is 2.23. The van der Waals surface area contributed by atoms with Crippen molar-refractivity contribution in [2.24, 2.45) is 5.73 Å². The maximum Gasteiger partial charge on any atom is 0.0589 e. The second-order valence-electron chi connectivity index (χ2n) is 5.76. The van der Waals surface area contributed by atoms with Crippen LogP contribution in [0.3, 0.4) is 0 Å². The van der Waals surface area contributed by atoms with E-state index in [1.54, 1.807) is 7.11 Å². The molecule has 0 saturated carbocycles. The minimum atomic E-state index is 0.403. The molecule has 114 valence electrons. The third-order valence-corrected chi connectivity index (χ3v) is 3.95. The molecule has 0 aliphatic carbocycles. The lowest BCUT2D eigenvalue weighted by Crippen LogP contribution is -2.46. The Morgan fingerprint density at radius 2 is 1.80 bits per heavy atom. The number of benzene rings is 1. The number of hydrogen-bond acceptors (Lipinski definition) is 3. The molecule has 0 aromatic heterocycles. The fourth-order valence-electron chi connectivity index (χ4n) is 2.75. The second kappa shape index (κ2) is 9.11. The molecule has 2 atom stereocenters. The summed E-state index contributed by atoms with van der Waals surface area (Å²) in [6.07, 6.45) is 1.09. The quantitative estimate of drug-likeness (QED) is 0.755. The van der Waals surface area contributed by atoms with Crippen LogP contribution in [-0.2, 0) is 4.74 Å². The van der Waals surface area contributed by atoms with Gasteiger partial charge in [-0.2, -0.15) is 0 Å². The Hall–Kier alpha value is -0.900. The molecule has 20 heavy (non-hydrogen) atoms. The number of nitrogens with two attached hydrogens (primary N) is 1. The predicted octanol–water partition coefficient (Wildman–Crippen LogP) is 2.86. The molecule has 0 fully saturated rings. The first-order valence-electron chi connectivity index (χ1n) is 7.59. The van der Waals surface area contributed by atoms with Crippen molar-refractivity contribution in [3.05, 3.63) is 35.9 Å². The highest BCUT2D eigenvalue weighted by molar-refractivity contribution is 5.19. The Kier molecular flexibility index (Phi) is 7.82. The minimum Gasteiger partial charge on any atom is -0.383 e. The molecule has 0 aliphatic heterocycles. The largest absolute Gasteiger partial charge is 0.383 e. The molecule has 2 N–H and O–H groups in total. The van der Waals surface area contributed by atoms with E-state index in [0.717, 1.165) is 19.6 Å². The molecule has 1 rings (SSSR count). The molecule has 0 heterocycles. The number of nitrogens with zero attached hydrogens (tertiary/aromatic N) is 1. The topological polar surface area (TPSA) is 38.5 Å². The van der Waals surface area contributed by atoms with Gasteiger partial charge in [-0.25, -0.2) is 0 Å². The smallest absolute Gasteiger partial charge is 0.0589 e. The molecule has 2 unspecified atom stereocenters. The van der Waals surface area contributed by atoms with Crippen LogP contribution in [0.5, 0.6) is 0 Å². The van der Waals surface area contributed by atoms with E-state index in [0.29, 0.717) is 24.5 Å². The number of hydrogen-bond donors (Lipinski definition) is 1. The predicted molar refractivity (Wildman–Crippen MR) is 86.0 cm³/mol. The van der Waals surface area contributed by atoms with Gasteiger partial charge in [0, 0.05) is 32.3 Å². The van der Waals surface area contributed by atoms with Crippen molar-refractivity contribution in [3.8, 4) is 0 Å². The highest BCUT2D eigenvalue weighted by Gasteiger charge is 2.22. The first-order valence-corrected chi connectivity index (χ1v) is 7.59. The Morgan fingerprint density at radius 1 is 1.15 bits per heavy atom. The molecule has 0 radical (unpaired) electrons. The van der Waals surface area contributed by atoms with Crippen molar-refractivity contribution in [2.75, 3.05) is 26.8 Å². The van der Waals surface area contributed by atoms with Gasteiger partial charge in [0.25, 0.3) is 0 Å². The first-order chi connectivity index (χ1) is 9.60. The monoisotopic (exact) mass is 278 g/mol. The molecular weight excluding hydrogens is 248 g/mol. The molecule has 1 aromatic rings. The van der Waals surface area contributed by atoms with Gasteiger partial charge in [-0.3, -0.25) is 4.90 Å². The molecule has 0 spiro atoms. The summed E-state index contributed by atoms with van der Waals surface area (Å²) in [4.78, 5) is 2.46. The first kappa shape index (κ1) is 17.2. The van der Waals surface area contributed by atoms with Crippen LogP contribution in [0.15, 0.2) is 30.3 Å². The third-order valence-electron chi connectivity index (χ3n) is 3.95. The Labute approximate surface area is 124 Å². The number of methoxy groups -OCH3 is 1. The molecule has 0 bridgehead atoms. The van der Waals surface area contributed by atoms with Gasteiger partial charge in [-0.1, -0.05) is 37.3 Å². The second-order valence-corrected chi connectivity index (χ2v) is 5.76. The normalized spacial score (nSPS) is 14.8. The molecule has 0 saturated heterocycles. The highest BCUT2D eigenvalue weighted by atomic mass is 16.5. The van der Waals surface area contributed by atoms with E-state index in [4.69, 9.17) is 10.5 Å². The van der Waals surface area contributed by atoms with Crippen molar-refractivity contribution in [3.63, 3.8) is 0 Å². The van der Waals surface area contributed by atoms with Gasteiger partial charge in [-0.15, -0.1) is 0 Å². The Morgan fingerprint density at radius 3 is 2.30 bits per heavy atom. The summed E-state index contributed by atoms with van der Waals surface area (Å²) in [5.41, 5.74) is 7.42. The molecule has 0 amide bonds. The van der Waals surface area contributed by atoms with Gasteiger partial charge in [0.2, 0.25) is 0 Å². The summed E-state index contributed by atoms with van der Waals surface area (Å²) < 4.78 is 5.22. The van der Waals surface area contributed by atoms with Gasteiger partial charge in [0.15, 0.2) is 0 Å². The maximum atomic E-state index is 6.03. The summed E-state index contributed by atoms with van der Waals surface area (Å²) >= 11 is 0. The maximum absolute atomic E-state index is 6.03. The summed E-state index contributed by atoms with van der Waals surface area (Å²) in [5, 5.41) is 0. The SMILES string of the molecule is COCCN(C(C)C)C(CN)CC(C)c1ccccc1. The average Bonchev–Trinajstić information content (AvgIpc) is 2.46. The summed E-state index contributed by atoms with van der Waals surface area (Å²) in [6.45, 7) is 9.13. The van der Waals surface area contributed by atoms with Crippen LogP contribution in [-0.4, -0.2) is 43.8 Å². The molecule has 3 nitrogen and oxygen atoms in total. The van der Waals surface area contributed by atoms with E-state index < -0.39 is 0 Å². The van der Waals surface area contributed by atoms with Crippen molar-refractivity contribution in [1.82, 2.24) is 4.90 Å². The van der Waals surface area contributed by atoms with Crippen LogP contribution in [0, 0.1) is 0 Å². The van der Waals surface area contributed by atoms with E-state index in [1.807, 2.05) is 0 Å². The van der Waals surface area contributed by atoms with Gasteiger partial charge < -0.3 is 10.5 Å². The number of ether oxygens (including phenoxy) is 1. The van der Waals surface area contributed by atoms with Gasteiger partial charge >= 0.3 is 0 Å². The van der Waals surface area contributed by atoms with E-state index in [9.17, 15) is 0 Å². The fraction of sp³-hybridized carbons (Fsp3) is 0.647. The van der Waals surface area contributed by atoms with E-state index in [1.165, 1.54) is 5.56 Å². The molecule has 0 aliphatic rings. The van der Waals surface area contributed by atoms with Crippen LogP contribution in [0.25, 0.3) is 0 Å². The van der Waals surface area contributed by atoms with E-state index >= 15 is 0 Å². The van der Waals surface area contributed by atoms with Crippen LogP contribution in [0.2, 0.25) is 0 Å². The summed E-state index contributed by atoms with van der Waals surface area (Å²) in [5.74, 6) is 0.522. The van der Waals surface area contributed by atoms with Crippen LogP contribution in [0.1, 0.15) is 38.7 Å². The molecule has 3 heteroatoms. The van der Waals surface area contributed by atoms with Gasteiger partial charge in [-0.05, 0) is 31.7 Å². The average molecular weight is 278 g/mol. The zero-order valence-electron chi connectivity index (χ0n) is 13.4. The van der Waals surface area contributed by atoms with Crippen LogP contribution in [0.4, 0.5) is 0 Å². The van der Waals surface area contributed by atoms with Gasteiger partial charge in [0.1, 0.15) is 0 Å². The summed E-state index contributed by atoms with van der Waals surface area (Å²) in [6, 6.07) is 11.6. The zero-order chi connectivity index (χ0) is 15.0.